The number of anilines is 1. The second kappa shape index (κ2) is 15.6. The Labute approximate surface area is 242 Å². The lowest BCUT2D eigenvalue weighted by Crippen LogP contribution is -2.30. The summed E-state index contributed by atoms with van der Waals surface area (Å²) in [6.07, 6.45) is 0. The van der Waals surface area contributed by atoms with E-state index < -0.39 is 56.3 Å². The third kappa shape index (κ3) is 10.9. The maximum Gasteiger partial charge on any atom is 0.321 e. The van der Waals surface area contributed by atoms with Crippen LogP contribution in [-0.4, -0.2) is 33.1 Å². The van der Waals surface area contributed by atoms with Crippen molar-refractivity contribution in [3.05, 3.63) is 89.5 Å². The molecule has 0 aliphatic rings. The van der Waals surface area contributed by atoms with E-state index in [0.29, 0.717) is 0 Å². The smallest absolute Gasteiger partial charge is 0.321 e. The number of halogens is 6. The lowest BCUT2D eigenvalue weighted by Gasteiger charge is -2.21. The average molecular weight is 622 g/mol. The van der Waals surface area contributed by atoms with Gasteiger partial charge in [0.15, 0.2) is 34.9 Å². The first-order valence-corrected chi connectivity index (χ1v) is 13.4. The van der Waals surface area contributed by atoms with Gasteiger partial charge in [0.1, 0.15) is 9.49 Å². The third-order valence-electron chi connectivity index (χ3n) is 4.83. The Hall–Kier alpha value is -3.32. The number of thioether (sulfide) groups is 2. The highest BCUT2D eigenvalue weighted by atomic mass is 32.2. The fourth-order valence-corrected chi connectivity index (χ4v) is 4.58. The predicted octanol–water partition coefficient (Wildman–Crippen LogP) is 7.87. The van der Waals surface area contributed by atoms with Crippen molar-refractivity contribution >= 4 is 41.1 Å². The molecular formula is C28H29F6NO4S2. The van der Waals surface area contributed by atoms with Crippen LogP contribution < -0.4 is 5.73 Å². The van der Waals surface area contributed by atoms with Crippen LogP contribution in [-0.2, 0) is 14.3 Å². The summed E-state index contributed by atoms with van der Waals surface area (Å²) in [6.45, 7) is 8.05. The zero-order valence-electron chi connectivity index (χ0n) is 22.7. The number of hydrogen-bond acceptors (Lipinski definition) is 6. The second-order valence-corrected chi connectivity index (χ2v) is 12.3. The van der Waals surface area contributed by atoms with Crippen LogP contribution in [0.15, 0.2) is 64.4 Å². The number of nitrogens with two attached hydrogens (primary N) is 1. The van der Waals surface area contributed by atoms with Gasteiger partial charge < -0.3 is 15.6 Å². The molecule has 0 saturated heterocycles. The average Bonchev–Trinajstić information content (AvgIpc) is 2.89. The van der Waals surface area contributed by atoms with Crippen LogP contribution in [0.5, 0.6) is 0 Å². The minimum atomic E-state index is -1.19. The number of ether oxygens (including phenoxy) is 1. The summed E-state index contributed by atoms with van der Waals surface area (Å²) in [7, 11) is 0. The zero-order chi connectivity index (χ0) is 31.5. The van der Waals surface area contributed by atoms with Crippen molar-refractivity contribution in [3.63, 3.8) is 0 Å². The minimum Gasteiger partial charge on any atom is -0.480 e. The quantitative estimate of drug-likeness (QED) is 0.120. The summed E-state index contributed by atoms with van der Waals surface area (Å²) in [4.78, 5) is 22.5. The molecule has 0 heterocycles. The first kappa shape index (κ1) is 35.7. The SMILES string of the molecule is CC(C)(Sc1cccc(F)c1F)C(=O)O.CCOC(=O)C(C)(C)Sc1cccc(F)c1F.Nc1cccc(F)c1F. The topological polar surface area (TPSA) is 89.6 Å². The van der Waals surface area contributed by atoms with Gasteiger partial charge in [0.2, 0.25) is 0 Å². The van der Waals surface area contributed by atoms with E-state index in [1.54, 1.807) is 20.8 Å². The maximum atomic E-state index is 13.4. The molecule has 0 unspecified atom stereocenters. The molecule has 0 atom stereocenters. The molecule has 3 aromatic carbocycles. The van der Waals surface area contributed by atoms with Gasteiger partial charge in [0.05, 0.1) is 12.3 Å². The van der Waals surface area contributed by atoms with Crippen molar-refractivity contribution in [2.24, 2.45) is 0 Å². The number of carbonyl (C=O) groups is 2. The van der Waals surface area contributed by atoms with Crippen LogP contribution in [0.2, 0.25) is 0 Å². The van der Waals surface area contributed by atoms with Crippen molar-refractivity contribution in [1.82, 2.24) is 0 Å². The molecule has 0 radical (unpaired) electrons. The van der Waals surface area contributed by atoms with E-state index in [4.69, 9.17) is 15.6 Å². The molecule has 5 nitrogen and oxygen atoms in total. The molecule has 224 valence electrons. The van der Waals surface area contributed by atoms with Crippen LogP contribution in [0, 0.1) is 34.9 Å². The first-order chi connectivity index (χ1) is 18.9. The largest absolute Gasteiger partial charge is 0.480 e. The number of esters is 1. The van der Waals surface area contributed by atoms with E-state index in [1.165, 1.54) is 50.2 Å². The zero-order valence-corrected chi connectivity index (χ0v) is 24.4. The summed E-state index contributed by atoms with van der Waals surface area (Å²) < 4.78 is 79.5. The Balaban J connectivity index is 0.000000321. The molecule has 3 aromatic rings. The number of carbonyl (C=O) groups excluding carboxylic acids is 1. The maximum absolute atomic E-state index is 13.4. The van der Waals surface area contributed by atoms with Crippen LogP contribution in [0.3, 0.4) is 0 Å². The van der Waals surface area contributed by atoms with Gasteiger partial charge in [0.25, 0.3) is 0 Å². The minimum absolute atomic E-state index is 0.00222. The van der Waals surface area contributed by atoms with Gasteiger partial charge in [-0.3, -0.25) is 9.59 Å². The monoisotopic (exact) mass is 621 g/mol. The number of nitrogen functional groups attached to an aromatic ring is 1. The molecule has 0 bridgehead atoms. The van der Waals surface area contributed by atoms with Gasteiger partial charge in [-0.05, 0) is 71.0 Å². The molecule has 0 aliphatic carbocycles. The van der Waals surface area contributed by atoms with Gasteiger partial charge in [-0.2, -0.15) is 0 Å². The van der Waals surface area contributed by atoms with E-state index in [0.717, 1.165) is 41.7 Å². The van der Waals surface area contributed by atoms with E-state index >= 15 is 0 Å². The Bertz CT molecular complexity index is 1330. The fourth-order valence-electron chi connectivity index (χ4n) is 2.59. The van der Waals surface area contributed by atoms with Crippen LogP contribution in [0.4, 0.5) is 32.0 Å². The van der Waals surface area contributed by atoms with Gasteiger partial charge in [-0.1, -0.05) is 18.2 Å². The number of hydrogen-bond donors (Lipinski definition) is 2. The van der Waals surface area contributed by atoms with Crippen LogP contribution in [0.25, 0.3) is 0 Å². The lowest BCUT2D eigenvalue weighted by atomic mass is 10.2. The molecular weight excluding hydrogens is 592 g/mol. The molecule has 13 heteroatoms. The van der Waals surface area contributed by atoms with Gasteiger partial charge in [-0.15, -0.1) is 23.5 Å². The molecule has 0 spiro atoms. The van der Waals surface area contributed by atoms with Crippen molar-refractivity contribution in [2.45, 2.75) is 53.9 Å². The van der Waals surface area contributed by atoms with E-state index in [9.17, 15) is 35.9 Å². The number of rotatable bonds is 7. The summed E-state index contributed by atoms with van der Waals surface area (Å²) in [5.74, 6) is -7.24. The highest BCUT2D eigenvalue weighted by Crippen LogP contribution is 2.36. The summed E-state index contributed by atoms with van der Waals surface area (Å²) in [5.41, 5.74) is 4.85. The Morgan fingerprint density at radius 3 is 1.49 bits per heavy atom. The highest BCUT2D eigenvalue weighted by molar-refractivity contribution is 8.01. The van der Waals surface area contributed by atoms with Gasteiger partial charge in [0, 0.05) is 9.79 Å². The van der Waals surface area contributed by atoms with Crippen molar-refractivity contribution in [3.8, 4) is 0 Å². The van der Waals surface area contributed by atoms with Crippen LogP contribution >= 0.6 is 23.5 Å². The molecule has 0 saturated carbocycles. The highest BCUT2D eigenvalue weighted by Gasteiger charge is 2.32. The molecule has 0 fully saturated rings. The molecule has 41 heavy (non-hydrogen) atoms. The third-order valence-corrected chi connectivity index (χ3v) is 7.26. The molecule has 3 rings (SSSR count). The summed E-state index contributed by atoms with van der Waals surface area (Å²) in [6, 6.07) is 11.3. The predicted molar refractivity (Wildman–Crippen MR) is 148 cm³/mol. The van der Waals surface area contributed by atoms with Crippen molar-refractivity contribution in [2.75, 3.05) is 12.3 Å². The van der Waals surface area contributed by atoms with Crippen molar-refractivity contribution in [1.29, 1.82) is 0 Å². The Morgan fingerprint density at radius 1 is 0.732 bits per heavy atom. The van der Waals surface area contributed by atoms with Crippen molar-refractivity contribution < 1.29 is 45.8 Å². The number of carboxylic acid groups (broad SMARTS) is 1. The molecule has 0 amide bonds. The van der Waals surface area contributed by atoms with Gasteiger partial charge >= 0.3 is 11.9 Å². The number of carboxylic acids is 1. The lowest BCUT2D eigenvalue weighted by molar-refractivity contribution is -0.145. The fraction of sp³-hybridized carbons (Fsp3) is 0.286. The van der Waals surface area contributed by atoms with E-state index in [-0.39, 0.29) is 22.1 Å². The second-order valence-electron chi connectivity index (χ2n) is 9.00. The number of benzene rings is 3. The standard InChI is InChI=1S/C12H14F2O2S.C10H10F2O2S.C6H5F2N/c1-4-16-11(15)12(2,3)17-9-7-5-6-8(13)10(9)14;1-10(2,9(13)14)15-7-5-3-4-6(11)8(7)12;7-4-2-1-3-5(9)6(4)8/h5-7H,4H2,1-3H3;3-5H,1-2H3,(H,13,14);1-3H,9H2. The van der Waals surface area contributed by atoms with E-state index in [1.807, 2.05) is 0 Å². The Morgan fingerprint density at radius 2 is 1.12 bits per heavy atom. The van der Waals surface area contributed by atoms with Crippen LogP contribution in [0.1, 0.15) is 34.6 Å². The Kier molecular flexibility index (Phi) is 13.6. The molecule has 0 aliphatic heterocycles. The molecule has 3 N–H and O–H groups in total. The first-order valence-electron chi connectivity index (χ1n) is 11.8. The summed E-state index contributed by atoms with van der Waals surface area (Å²) >= 11 is 1.73. The van der Waals surface area contributed by atoms with Gasteiger partial charge in [-0.25, -0.2) is 26.3 Å². The normalized spacial score (nSPS) is 11.0. The summed E-state index contributed by atoms with van der Waals surface area (Å²) in [5, 5.41) is 8.83. The molecule has 0 aromatic heterocycles. The number of aliphatic carboxylic acids is 1. The van der Waals surface area contributed by atoms with E-state index in [2.05, 4.69) is 0 Å².